The molecule has 30 heavy (non-hydrogen) atoms. The second-order valence-electron chi connectivity index (χ2n) is 7.63. The van der Waals surface area contributed by atoms with Crippen LogP contribution in [0.2, 0.25) is 0 Å². The van der Waals surface area contributed by atoms with E-state index in [1.54, 1.807) is 0 Å². The number of benzene rings is 3. The largest absolute Gasteiger partial charge is 0.355 e. The molecule has 0 saturated heterocycles. The van der Waals surface area contributed by atoms with E-state index in [2.05, 4.69) is 36.5 Å². The molecular weight excluding hydrogens is 392 g/mol. The van der Waals surface area contributed by atoms with E-state index in [1.165, 1.54) is 11.1 Å². The average Bonchev–Trinajstić information content (AvgIpc) is 3.02. The fraction of sp³-hybridized carbons (Fsp3) is 0.280. The maximum absolute atomic E-state index is 12.8. The maximum atomic E-state index is 12.8. The van der Waals surface area contributed by atoms with Crippen molar-refractivity contribution in [2.75, 3.05) is 23.7 Å². The minimum absolute atomic E-state index is 0.0368. The Bertz CT molecular complexity index is 1070. The highest BCUT2D eigenvalue weighted by atomic mass is 32.2. The molecule has 0 unspecified atom stereocenters. The van der Waals surface area contributed by atoms with E-state index in [1.807, 2.05) is 53.1 Å². The van der Waals surface area contributed by atoms with Crippen molar-refractivity contribution >= 4 is 40.0 Å². The molecule has 0 saturated carbocycles. The molecule has 1 N–H and O–H groups in total. The van der Waals surface area contributed by atoms with Crippen LogP contribution in [0.15, 0.2) is 60.7 Å². The minimum Gasteiger partial charge on any atom is -0.355 e. The van der Waals surface area contributed by atoms with Crippen LogP contribution >= 0.6 is 11.8 Å². The number of amides is 2. The first-order valence-corrected chi connectivity index (χ1v) is 11.5. The second-order valence-corrected chi connectivity index (χ2v) is 8.74. The number of aryl methyl sites for hydroxylation is 1. The lowest BCUT2D eigenvalue weighted by molar-refractivity contribution is -0.121. The van der Waals surface area contributed by atoms with Gasteiger partial charge in [0.25, 0.3) is 5.91 Å². The highest BCUT2D eigenvalue weighted by Crippen LogP contribution is 2.37. The first kappa shape index (κ1) is 20.5. The molecular formula is C25H26N2O2S. The summed E-state index contributed by atoms with van der Waals surface area (Å²) in [5.74, 6) is 1.94. The molecule has 0 fully saturated rings. The van der Waals surface area contributed by atoms with Gasteiger partial charge in [0.05, 0.1) is 5.69 Å². The van der Waals surface area contributed by atoms with Crippen molar-refractivity contribution in [1.29, 1.82) is 0 Å². The van der Waals surface area contributed by atoms with Crippen LogP contribution in [0.25, 0.3) is 10.8 Å². The van der Waals surface area contributed by atoms with Crippen molar-refractivity contribution in [1.82, 2.24) is 5.32 Å². The molecule has 1 heterocycles. The molecule has 1 aliphatic rings. The summed E-state index contributed by atoms with van der Waals surface area (Å²) in [6.07, 6.45) is 1.08. The minimum atomic E-state index is 0.0368. The fourth-order valence-electron chi connectivity index (χ4n) is 3.94. The molecule has 0 bridgehead atoms. The Balaban J connectivity index is 1.18. The predicted molar refractivity (Wildman–Crippen MR) is 125 cm³/mol. The number of hydrogen-bond acceptors (Lipinski definition) is 3. The molecule has 4 nitrogen and oxygen atoms in total. The number of anilines is 1. The maximum Gasteiger partial charge on any atom is 0.258 e. The molecule has 0 radical (unpaired) electrons. The van der Waals surface area contributed by atoms with Gasteiger partial charge < -0.3 is 10.2 Å². The third-order valence-electron chi connectivity index (χ3n) is 5.35. The zero-order chi connectivity index (χ0) is 20.9. The lowest BCUT2D eigenvalue weighted by Gasteiger charge is -2.17. The van der Waals surface area contributed by atoms with Crippen LogP contribution in [0.1, 0.15) is 34.3 Å². The molecule has 5 heteroatoms. The summed E-state index contributed by atoms with van der Waals surface area (Å²) in [6, 6.07) is 20.4. The van der Waals surface area contributed by atoms with Crippen LogP contribution in [0, 0.1) is 6.92 Å². The van der Waals surface area contributed by atoms with Gasteiger partial charge >= 0.3 is 0 Å². The molecule has 2 amide bonds. The normalized spacial score (nSPS) is 12.6. The number of nitrogens with one attached hydrogen (secondary N) is 1. The quantitative estimate of drug-likeness (QED) is 0.501. The molecule has 0 atom stereocenters. The molecule has 3 aromatic rings. The van der Waals surface area contributed by atoms with Crippen LogP contribution in [0.4, 0.5) is 5.69 Å². The Labute approximate surface area is 181 Å². The highest BCUT2D eigenvalue weighted by Gasteiger charge is 2.28. The zero-order valence-corrected chi connectivity index (χ0v) is 18.0. The molecule has 3 aromatic carbocycles. The van der Waals surface area contributed by atoms with E-state index >= 15 is 0 Å². The van der Waals surface area contributed by atoms with Crippen molar-refractivity contribution in [2.24, 2.45) is 0 Å². The number of nitrogens with zero attached hydrogens (tertiary/aromatic N) is 1. The number of carbonyl (C=O) groups excluding carboxylic acids is 2. The summed E-state index contributed by atoms with van der Waals surface area (Å²) in [4.78, 5) is 26.7. The van der Waals surface area contributed by atoms with Crippen molar-refractivity contribution in [3.63, 3.8) is 0 Å². The third-order valence-corrected chi connectivity index (χ3v) is 6.38. The Kier molecular flexibility index (Phi) is 6.38. The van der Waals surface area contributed by atoms with Crippen molar-refractivity contribution in [3.05, 3.63) is 77.4 Å². The topological polar surface area (TPSA) is 49.4 Å². The van der Waals surface area contributed by atoms with Crippen LogP contribution in [0.3, 0.4) is 0 Å². The van der Waals surface area contributed by atoms with E-state index in [0.29, 0.717) is 25.9 Å². The van der Waals surface area contributed by atoms with Gasteiger partial charge in [-0.2, -0.15) is 11.8 Å². The van der Waals surface area contributed by atoms with Crippen molar-refractivity contribution < 1.29 is 9.59 Å². The van der Waals surface area contributed by atoms with Gasteiger partial charge in [-0.25, -0.2) is 0 Å². The van der Waals surface area contributed by atoms with Gasteiger partial charge in [-0.1, -0.05) is 54.1 Å². The smallest absolute Gasteiger partial charge is 0.258 e. The number of carbonyl (C=O) groups is 2. The molecule has 0 spiro atoms. The van der Waals surface area contributed by atoms with E-state index in [-0.39, 0.29) is 11.8 Å². The van der Waals surface area contributed by atoms with Gasteiger partial charge in [0.1, 0.15) is 0 Å². The van der Waals surface area contributed by atoms with E-state index in [0.717, 1.165) is 33.5 Å². The van der Waals surface area contributed by atoms with Gasteiger partial charge in [-0.05, 0) is 36.4 Å². The number of hydrogen-bond donors (Lipinski definition) is 1. The molecule has 0 aromatic heterocycles. The van der Waals surface area contributed by atoms with Crippen molar-refractivity contribution in [3.8, 4) is 0 Å². The first-order chi connectivity index (χ1) is 14.6. The van der Waals surface area contributed by atoms with Gasteiger partial charge in [-0.15, -0.1) is 0 Å². The van der Waals surface area contributed by atoms with Gasteiger partial charge in [0, 0.05) is 42.0 Å². The predicted octanol–water partition coefficient (Wildman–Crippen LogP) is 4.94. The molecule has 0 aliphatic carbocycles. The van der Waals surface area contributed by atoms with Crippen LogP contribution < -0.4 is 10.2 Å². The van der Waals surface area contributed by atoms with Gasteiger partial charge in [-0.3, -0.25) is 9.59 Å². The standard InChI is InChI=1S/C25H26N2O2S/c1-18-6-2-7-19(16-18)17-30-15-13-26-23(28)12-5-14-27-22-11-4-9-20-8-3-10-21(24(20)22)25(27)29/h2-4,6-11,16H,5,12-15,17H2,1H3,(H,26,28). The summed E-state index contributed by atoms with van der Waals surface area (Å²) < 4.78 is 0. The average molecular weight is 419 g/mol. The molecule has 4 rings (SSSR count). The Morgan fingerprint density at radius 3 is 2.70 bits per heavy atom. The lowest BCUT2D eigenvalue weighted by atomic mass is 10.1. The van der Waals surface area contributed by atoms with Gasteiger partial charge in [0.15, 0.2) is 0 Å². The molecule has 154 valence electrons. The number of rotatable bonds is 9. The third kappa shape index (κ3) is 4.51. The zero-order valence-electron chi connectivity index (χ0n) is 17.2. The Hall–Kier alpha value is -2.79. The first-order valence-electron chi connectivity index (χ1n) is 10.4. The Morgan fingerprint density at radius 2 is 1.87 bits per heavy atom. The molecule has 1 aliphatic heterocycles. The second kappa shape index (κ2) is 9.35. The lowest BCUT2D eigenvalue weighted by Crippen LogP contribution is -2.30. The van der Waals surface area contributed by atoms with Gasteiger partial charge in [0.2, 0.25) is 5.91 Å². The number of thioether (sulfide) groups is 1. The Morgan fingerprint density at radius 1 is 1.07 bits per heavy atom. The fourth-order valence-corrected chi connectivity index (χ4v) is 4.75. The summed E-state index contributed by atoms with van der Waals surface area (Å²) in [5, 5.41) is 5.10. The van der Waals surface area contributed by atoms with E-state index < -0.39 is 0 Å². The van der Waals surface area contributed by atoms with Crippen LogP contribution in [-0.2, 0) is 10.5 Å². The highest BCUT2D eigenvalue weighted by molar-refractivity contribution is 7.98. The van der Waals surface area contributed by atoms with E-state index in [9.17, 15) is 9.59 Å². The van der Waals surface area contributed by atoms with Crippen molar-refractivity contribution in [2.45, 2.75) is 25.5 Å². The summed E-state index contributed by atoms with van der Waals surface area (Å²) in [6.45, 7) is 3.33. The summed E-state index contributed by atoms with van der Waals surface area (Å²) in [5.41, 5.74) is 4.31. The summed E-state index contributed by atoms with van der Waals surface area (Å²) >= 11 is 1.82. The van der Waals surface area contributed by atoms with Crippen LogP contribution in [-0.4, -0.2) is 30.7 Å². The van der Waals surface area contributed by atoms with E-state index in [4.69, 9.17) is 0 Å². The summed E-state index contributed by atoms with van der Waals surface area (Å²) in [7, 11) is 0. The SMILES string of the molecule is Cc1cccc(CSCCNC(=O)CCCN2C(=O)c3cccc4cccc2c34)c1. The monoisotopic (exact) mass is 418 g/mol. The van der Waals surface area contributed by atoms with Crippen LogP contribution in [0.5, 0.6) is 0 Å².